The van der Waals surface area contributed by atoms with Gasteiger partial charge in [-0.15, -0.1) is 0 Å². The van der Waals surface area contributed by atoms with E-state index in [-0.39, 0.29) is 18.5 Å². The van der Waals surface area contributed by atoms with Crippen LogP contribution in [-0.2, 0) is 4.79 Å². The molecular formula is C23H26N2O2. The molecule has 3 rings (SSSR count). The zero-order valence-electron chi connectivity index (χ0n) is 15.8. The number of hydrogen-bond donors (Lipinski definition) is 2. The van der Waals surface area contributed by atoms with Crippen molar-refractivity contribution in [1.82, 2.24) is 5.32 Å². The van der Waals surface area contributed by atoms with E-state index < -0.39 is 0 Å². The van der Waals surface area contributed by atoms with Crippen LogP contribution in [0, 0.1) is 0 Å². The van der Waals surface area contributed by atoms with Gasteiger partial charge in [0, 0.05) is 5.69 Å². The molecule has 1 aromatic heterocycles. The van der Waals surface area contributed by atoms with E-state index in [1.54, 1.807) is 6.26 Å². The van der Waals surface area contributed by atoms with Gasteiger partial charge in [-0.3, -0.25) is 10.1 Å². The van der Waals surface area contributed by atoms with Crippen LogP contribution in [-0.4, -0.2) is 12.5 Å². The maximum Gasteiger partial charge on any atom is 0.238 e. The number of hydrogen-bond acceptors (Lipinski definition) is 3. The van der Waals surface area contributed by atoms with Gasteiger partial charge in [0.25, 0.3) is 0 Å². The van der Waals surface area contributed by atoms with Gasteiger partial charge in [-0.1, -0.05) is 56.3 Å². The quantitative estimate of drug-likeness (QED) is 0.585. The number of anilines is 1. The summed E-state index contributed by atoms with van der Waals surface area (Å²) in [5.74, 6) is 1.22. The summed E-state index contributed by atoms with van der Waals surface area (Å²) in [6.45, 7) is 4.57. The average Bonchev–Trinajstić information content (AvgIpc) is 3.23. The van der Waals surface area contributed by atoms with E-state index in [9.17, 15) is 4.79 Å². The normalized spacial score (nSPS) is 13.1. The summed E-state index contributed by atoms with van der Waals surface area (Å²) in [5.41, 5.74) is 3.15. The summed E-state index contributed by atoms with van der Waals surface area (Å²) in [6.07, 6.45) is 2.75. The topological polar surface area (TPSA) is 54.3 Å². The molecule has 4 heteroatoms. The van der Waals surface area contributed by atoms with E-state index in [0.29, 0.717) is 5.92 Å². The van der Waals surface area contributed by atoms with Crippen molar-refractivity contribution in [3.8, 4) is 0 Å². The van der Waals surface area contributed by atoms with Gasteiger partial charge in [-0.05, 0) is 47.7 Å². The van der Waals surface area contributed by atoms with Gasteiger partial charge in [0.15, 0.2) is 0 Å². The SMILES string of the molecule is CC[C@@H](C)c1ccc(NC(=O)CN[C@H](c2ccccc2)c2ccco2)cc1. The number of carbonyl (C=O) groups is 1. The van der Waals surface area contributed by atoms with Crippen molar-refractivity contribution in [2.24, 2.45) is 0 Å². The zero-order chi connectivity index (χ0) is 19.1. The number of amides is 1. The second-order valence-electron chi connectivity index (χ2n) is 6.72. The van der Waals surface area contributed by atoms with Gasteiger partial charge in [0.05, 0.1) is 18.8 Å². The average molecular weight is 362 g/mol. The Labute approximate surface area is 160 Å². The molecule has 0 unspecified atom stereocenters. The summed E-state index contributed by atoms with van der Waals surface area (Å²) in [4.78, 5) is 12.4. The van der Waals surface area contributed by atoms with Crippen molar-refractivity contribution in [3.63, 3.8) is 0 Å². The van der Waals surface area contributed by atoms with Crippen LogP contribution in [0.4, 0.5) is 5.69 Å². The first-order chi connectivity index (χ1) is 13.2. The van der Waals surface area contributed by atoms with Crippen molar-refractivity contribution in [2.45, 2.75) is 32.2 Å². The fourth-order valence-corrected chi connectivity index (χ4v) is 3.01. The highest BCUT2D eigenvalue weighted by Gasteiger charge is 2.17. The van der Waals surface area contributed by atoms with Crippen LogP contribution in [0.3, 0.4) is 0 Å². The minimum Gasteiger partial charge on any atom is -0.467 e. The predicted molar refractivity (Wildman–Crippen MR) is 109 cm³/mol. The van der Waals surface area contributed by atoms with Crippen LogP contribution < -0.4 is 10.6 Å². The van der Waals surface area contributed by atoms with Crippen molar-refractivity contribution in [3.05, 3.63) is 89.9 Å². The van der Waals surface area contributed by atoms with Gasteiger partial charge in [0.1, 0.15) is 5.76 Å². The molecule has 0 radical (unpaired) electrons. The number of furan rings is 1. The lowest BCUT2D eigenvalue weighted by Crippen LogP contribution is -2.31. The summed E-state index contributed by atoms with van der Waals surface area (Å²) in [5, 5.41) is 6.24. The van der Waals surface area contributed by atoms with Crippen LogP contribution in [0.15, 0.2) is 77.4 Å². The van der Waals surface area contributed by atoms with E-state index >= 15 is 0 Å². The highest BCUT2D eigenvalue weighted by Crippen LogP contribution is 2.22. The Bertz CT molecular complexity index is 827. The van der Waals surface area contributed by atoms with Crippen LogP contribution >= 0.6 is 0 Å². The lowest BCUT2D eigenvalue weighted by molar-refractivity contribution is -0.115. The lowest BCUT2D eigenvalue weighted by atomic mass is 9.99. The lowest BCUT2D eigenvalue weighted by Gasteiger charge is -2.17. The third-order valence-corrected chi connectivity index (χ3v) is 4.80. The van der Waals surface area contributed by atoms with Crippen LogP contribution in [0.5, 0.6) is 0 Å². The Morgan fingerprint density at radius 3 is 2.33 bits per heavy atom. The van der Waals surface area contributed by atoms with Crippen molar-refractivity contribution >= 4 is 11.6 Å². The number of nitrogens with one attached hydrogen (secondary N) is 2. The highest BCUT2D eigenvalue weighted by molar-refractivity contribution is 5.92. The second kappa shape index (κ2) is 9.19. The van der Waals surface area contributed by atoms with E-state index in [1.165, 1.54) is 5.56 Å². The minimum atomic E-state index is -0.167. The smallest absolute Gasteiger partial charge is 0.238 e. The fraction of sp³-hybridized carbons (Fsp3) is 0.261. The molecule has 0 aliphatic carbocycles. The van der Waals surface area contributed by atoms with E-state index in [4.69, 9.17) is 4.42 Å². The Morgan fingerprint density at radius 2 is 1.70 bits per heavy atom. The molecule has 0 spiro atoms. The maximum atomic E-state index is 12.4. The van der Waals surface area contributed by atoms with Gasteiger partial charge in [-0.2, -0.15) is 0 Å². The molecule has 2 atom stereocenters. The van der Waals surface area contributed by atoms with Gasteiger partial charge in [-0.25, -0.2) is 0 Å². The number of benzene rings is 2. The van der Waals surface area contributed by atoms with Gasteiger partial charge in [0.2, 0.25) is 5.91 Å². The van der Waals surface area contributed by atoms with Crippen molar-refractivity contribution in [1.29, 1.82) is 0 Å². The Hall–Kier alpha value is -2.85. The Kier molecular flexibility index (Phi) is 6.44. The molecule has 2 N–H and O–H groups in total. The first kappa shape index (κ1) is 18.9. The third kappa shape index (κ3) is 5.08. The first-order valence-electron chi connectivity index (χ1n) is 9.39. The Balaban J connectivity index is 1.61. The molecule has 0 aliphatic heterocycles. The molecule has 0 bridgehead atoms. The minimum absolute atomic E-state index is 0.0845. The molecule has 140 valence electrons. The standard InChI is InChI=1S/C23H26N2O2/c1-3-17(2)18-11-13-20(14-12-18)25-22(26)16-24-23(21-10-7-15-27-21)19-8-5-4-6-9-19/h4-15,17,23-24H,3,16H2,1-2H3,(H,25,26)/t17-,23-/m1/s1. The molecular weight excluding hydrogens is 336 g/mol. The van der Waals surface area contributed by atoms with Crippen LogP contribution in [0.25, 0.3) is 0 Å². The molecule has 27 heavy (non-hydrogen) atoms. The van der Waals surface area contributed by atoms with E-state index in [2.05, 4.69) is 36.6 Å². The molecule has 3 aromatic rings. The van der Waals surface area contributed by atoms with E-state index in [1.807, 2.05) is 54.6 Å². The maximum absolute atomic E-state index is 12.4. The zero-order valence-corrected chi connectivity index (χ0v) is 15.8. The molecule has 1 amide bonds. The number of carbonyl (C=O) groups excluding carboxylic acids is 1. The largest absolute Gasteiger partial charge is 0.467 e. The predicted octanol–water partition coefficient (Wildman–Crippen LogP) is 5.11. The van der Waals surface area contributed by atoms with E-state index in [0.717, 1.165) is 23.4 Å². The summed E-state index contributed by atoms with van der Waals surface area (Å²) in [6, 6.07) is 21.6. The summed E-state index contributed by atoms with van der Waals surface area (Å²) in [7, 11) is 0. The highest BCUT2D eigenvalue weighted by atomic mass is 16.3. The van der Waals surface area contributed by atoms with Gasteiger partial charge >= 0.3 is 0 Å². The molecule has 0 fully saturated rings. The van der Waals surface area contributed by atoms with Crippen molar-refractivity contribution < 1.29 is 9.21 Å². The summed E-state index contributed by atoms with van der Waals surface area (Å²) < 4.78 is 5.55. The second-order valence-corrected chi connectivity index (χ2v) is 6.72. The van der Waals surface area contributed by atoms with Gasteiger partial charge < -0.3 is 9.73 Å². The first-order valence-corrected chi connectivity index (χ1v) is 9.39. The van der Waals surface area contributed by atoms with Crippen molar-refractivity contribution in [2.75, 3.05) is 11.9 Å². The molecule has 0 saturated carbocycles. The van der Waals surface area contributed by atoms with Crippen LogP contribution in [0.1, 0.15) is 49.1 Å². The Morgan fingerprint density at radius 1 is 0.963 bits per heavy atom. The molecule has 2 aromatic carbocycles. The monoisotopic (exact) mass is 362 g/mol. The molecule has 0 aliphatic rings. The molecule has 1 heterocycles. The molecule has 0 saturated heterocycles. The number of rotatable bonds is 8. The molecule has 4 nitrogen and oxygen atoms in total. The summed E-state index contributed by atoms with van der Waals surface area (Å²) >= 11 is 0. The third-order valence-electron chi connectivity index (χ3n) is 4.80. The fourth-order valence-electron chi connectivity index (χ4n) is 3.01. The van der Waals surface area contributed by atoms with Crippen LogP contribution in [0.2, 0.25) is 0 Å².